The van der Waals surface area contributed by atoms with Crippen LogP contribution in [0.25, 0.3) is 0 Å². The molecule has 0 radical (unpaired) electrons. The van der Waals surface area contributed by atoms with Crippen LogP contribution in [0.4, 0.5) is 4.39 Å². The zero-order chi connectivity index (χ0) is 14.4. The molecule has 1 saturated heterocycles. The molecule has 0 aliphatic carbocycles. The second kappa shape index (κ2) is 7.72. The van der Waals surface area contributed by atoms with Crippen LogP contribution in [0.5, 0.6) is 0 Å². The summed E-state index contributed by atoms with van der Waals surface area (Å²) in [5.41, 5.74) is 1.06. The van der Waals surface area contributed by atoms with Gasteiger partial charge in [0.05, 0.1) is 0 Å². The molecule has 0 spiro atoms. The number of piperazine rings is 1. The fourth-order valence-electron chi connectivity index (χ4n) is 2.63. The van der Waals surface area contributed by atoms with E-state index in [1.165, 1.54) is 19.2 Å². The van der Waals surface area contributed by atoms with E-state index in [0.29, 0.717) is 6.04 Å². The molecule has 1 aliphatic rings. The van der Waals surface area contributed by atoms with E-state index in [1.807, 2.05) is 6.07 Å². The summed E-state index contributed by atoms with van der Waals surface area (Å²) < 4.78 is 13.1. The number of rotatable bonds is 6. The molecule has 0 aromatic heterocycles. The van der Waals surface area contributed by atoms with Crippen molar-refractivity contribution in [2.45, 2.75) is 19.4 Å². The largest absolute Gasteiger partial charge is 0.313 e. The Bertz CT molecular complexity index is 402. The van der Waals surface area contributed by atoms with Crippen molar-refractivity contribution in [1.29, 1.82) is 0 Å². The summed E-state index contributed by atoms with van der Waals surface area (Å²) in [4.78, 5) is 4.87. The molecule has 1 aromatic carbocycles. The maximum atomic E-state index is 13.1. The Labute approximate surface area is 121 Å². The highest BCUT2D eigenvalue weighted by molar-refractivity contribution is 5.17. The van der Waals surface area contributed by atoms with Crippen LogP contribution in [0, 0.1) is 5.82 Å². The molecular weight excluding hydrogens is 253 g/mol. The molecule has 4 heteroatoms. The summed E-state index contributed by atoms with van der Waals surface area (Å²) in [6.07, 6.45) is 0.875. The molecule has 20 heavy (non-hydrogen) atoms. The maximum absolute atomic E-state index is 13.1. The van der Waals surface area contributed by atoms with Crippen LogP contribution in [-0.2, 0) is 6.42 Å². The van der Waals surface area contributed by atoms with Gasteiger partial charge in [-0.3, -0.25) is 4.90 Å². The highest BCUT2D eigenvalue weighted by Gasteiger charge is 2.13. The highest BCUT2D eigenvalue weighted by atomic mass is 19.1. The van der Waals surface area contributed by atoms with Crippen LogP contribution in [0.3, 0.4) is 0 Å². The lowest BCUT2D eigenvalue weighted by Gasteiger charge is -2.32. The van der Waals surface area contributed by atoms with Gasteiger partial charge in [0.1, 0.15) is 5.82 Å². The molecule has 1 aromatic rings. The predicted octanol–water partition coefficient (Wildman–Crippen LogP) is 1.59. The van der Waals surface area contributed by atoms with Gasteiger partial charge >= 0.3 is 0 Å². The van der Waals surface area contributed by atoms with Gasteiger partial charge < -0.3 is 10.2 Å². The average Bonchev–Trinajstić information content (AvgIpc) is 2.41. The van der Waals surface area contributed by atoms with Crippen molar-refractivity contribution in [1.82, 2.24) is 15.1 Å². The minimum Gasteiger partial charge on any atom is -0.313 e. The zero-order valence-corrected chi connectivity index (χ0v) is 12.6. The molecule has 1 aliphatic heterocycles. The van der Waals surface area contributed by atoms with Gasteiger partial charge in [-0.15, -0.1) is 0 Å². The lowest BCUT2D eigenvalue weighted by molar-refractivity contribution is 0.154. The number of nitrogens with zero attached hydrogens (tertiary/aromatic N) is 2. The summed E-state index contributed by atoms with van der Waals surface area (Å²) in [5, 5.41) is 3.53. The molecule has 1 atom stereocenters. The summed E-state index contributed by atoms with van der Waals surface area (Å²) in [7, 11) is 2.18. The van der Waals surface area contributed by atoms with E-state index in [9.17, 15) is 4.39 Å². The van der Waals surface area contributed by atoms with Crippen molar-refractivity contribution in [3.05, 3.63) is 35.6 Å². The standard InChI is InChI=1S/C16H26FN3/c1-14(12-15-4-3-5-16(17)13-15)18-6-7-20-10-8-19(2)9-11-20/h3-5,13-14,18H,6-12H2,1-2H3. The van der Waals surface area contributed by atoms with Gasteiger partial charge in [-0.05, 0) is 38.1 Å². The van der Waals surface area contributed by atoms with Gasteiger partial charge in [0.2, 0.25) is 0 Å². The molecule has 2 rings (SSSR count). The topological polar surface area (TPSA) is 18.5 Å². The summed E-state index contributed by atoms with van der Waals surface area (Å²) in [6.45, 7) is 8.92. The maximum Gasteiger partial charge on any atom is 0.123 e. The Kier molecular flexibility index (Phi) is 5.95. The first-order valence-corrected chi connectivity index (χ1v) is 7.52. The summed E-state index contributed by atoms with van der Waals surface area (Å²) in [6, 6.07) is 7.26. The monoisotopic (exact) mass is 279 g/mol. The fourth-order valence-corrected chi connectivity index (χ4v) is 2.63. The van der Waals surface area contributed by atoms with Gasteiger partial charge in [-0.2, -0.15) is 0 Å². The second-order valence-electron chi connectivity index (χ2n) is 5.83. The van der Waals surface area contributed by atoms with Crippen LogP contribution in [0.1, 0.15) is 12.5 Å². The normalized spacial score (nSPS) is 19.1. The van der Waals surface area contributed by atoms with Crippen LogP contribution in [0.15, 0.2) is 24.3 Å². The van der Waals surface area contributed by atoms with Crippen molar-refractivity contribution < 1.29 is 4.39 Å². The van der Waals surface area contributed by atoms with Gasteiger partial charge in [0, 0.05) is 45.3 Å². The third kappa shape index (κ3) is 5.19. The first kappa shape index (κ1) is 15.4. The summed E-state index contributed by atoms with van der Waals surface area (Å²) >= 11 is 0. The third-order valence-corrected chi connectivity index (χ3v) is 3.95. The Morgan fingerprint density at radius 1 is 1.25 bits per heavy atom. The lowest BCUT2D eigenvalue weighted by atomic mass is 10.1. The Morgan fingerprint density at radius 2 is 2.00 bits per heavy atom. The quantitative estimate of drug-likeness (QED) is 0.853. The van der Waals surface area contributed by atoms with E-state index in [4.69, 9.17) is 0 Å². The lowest BCUT2D eigenvalue weighted by Crippen LogP contribution is -2.47. The molecule has 1 fully saturated rings. The van der Waals surface area contributed by atoms with Crippen LogP contribution >= 0.6 is 0 Å². The van der Waals surface area contributed by atoms with Crippen molar-refractivity contribution >= 4 is 0 Å². The minimum absolute atomic E-state index is 0.146. The van der Waals surface area contributed by atoms with Crippen molar-refractivity contribution in [3.8, 4) is 0 Å². The number of benzene rings is 1. The number of hydrogen-bond donors (Lipinski definition) is 1. The highest BCUT2D eigenvalue weighted by Crippen LogP contribution is 2.06. The van der Waals surface area contributed by atoms with Gasteiger partial charge in [-0.25, -0.2) is 4.39 Å². The first-order valence-electron chi connectivity index (χ1n) is 7.52. The number of likely N-dealkylation sites (N-methyl/N-ethyl adjacent to an activating group) is 1. The third-order valence-electron chi connectivity index (χ3n) is 3.95. The van der Waals surface area contributed by atoms with Crippen LogP contribution < -0.4 is 5.32 Å². The SMILES string of the molecule is CC(Cc1cccc(F)c1)NCCN1CCN(C)CC1. The molecule has 1 heterocycles. The Morgan fingerprint density at radius 3 is 2.70 bits per heavy atom. The molecule has 0 bridgehead atoms. The van der Waals surface area contributed by atoms with Gasteiger partial charge in [0.15, 0.2) is 0 Å². The second-order valence-corrected chi connectivity index (χ2v) is 5.83. The molecule has 112 valence electrons. The minimum atomic E-state index is -0.146. The molecule has 0 saturated carbocycles. The van der Waals surface area contributed by atoms with E-state index in [2.05, 4.69) is 29.1 Å². The molecular formula is C16H26FN3. The van der Waals surface area contributed by atoms with E-state index >= 15 is 0 Å². The Balaban J connectivity index is 1.64. The number of halogens is 1. The first-order chi connectivity index (χ1) is 9.63. The molecule has 1 unspecified atom stereocenters. The average molecular weight is 279 g/mol. The van der Waals surface area contributed by atoms with E-state index in [-0.39, 0.29) is 5.82 Å². The predicted molar refractivity (Wildman–Crippen MR) is 81.5 cm³/mol. The van der Waals surface area contributed by atoms with E-state index in [0.717, 1.165) is 38.2 Å². The smallest absolute Gasteiger partial charge is 0.123 e. The fraction of sp³-hybridized carbons (Fsp3) is 0.625. The van der Waals surface area contributed by atoms with Gasteiger partial charge in [0.25, 0.3) is 0 Å². The number of nitrogens with one attached hydrogen (secondary N) is 1. The molecule has 3 nitrogen and oxygen atoms in total. The zero-order valence-electron chi connectivity index (χ0n) is 12.6. The molecule has 1 N–H and O–H groups in total. The van der Waals surface area contributed by atoms with E-state index < -0.39 is 0 Å². The van der Waals surface area contributed by atoms with Crippen LogP contribution in [-0.4, -0.2) is 62.2 Å². The van der Waals surface area contributed by atoms with Crippen LogP contribution in [0.2, 0.25) is 0 Å². The van der Waals surface area contributed by atoms with Crippen molar-refractivity contribution in [3.63, 3.8) is 0 Å². The van der Waals surface area contributed by atoms with Crippen molar-refractivity contribution in [2.75, 3.05) is 46.3 Å². The van der Waals surface area contributed by atoms with Crippen molar-refractivity contribution in [2.24, 2.45) is 0 Å². The van der Waals surface area contributed by atoms with E-state index in [1.54, 1.807) is 12.1 Å². The van der Waals surface area contributed by atoms with Gasteiger partial charge in [-0.1, -0.05) is 12.1 Å². The molecule has 0 amide bonds. The number of hydrogen-bond acceptors (Lipinski definition) is 3. The Hall–Kier alpha value is -0.970. The summed E-state index contributed by atoms with van der Waals surface area (Å²) in [5.74, 6) is -0.146.